The average molecular weight is 263 g/mol. The zero-order valence-corrected chi connectivity index (χ0v) is 11.5. The predicted molar refractivity (Wildman–Crippen MR) is 69.2 cm³/mol. The summed E-state index contributed by atoms with van der Waals surface area (Å²) in [6.45, 7) is 5.63. The molecule has 2 rings (SSSR count). The summed E-state index contributed by atoms with van der Waals surface area (Å²) in [5.74, 6) is 1.32. The zero-order valence-electron chi connectivity index (χ0n) is 10.7. The zero-order chi connectivity index (χ0) is 11.9. The second-order valence-corrected chi connectivity index (χ2v) is 6.14. The molecule has 4 nitrogen and oxygen atoms in total. The first-order valence-electron chi connectivity index (χ1n) is 6.10. The fourth-order valence-corrected chi connectivity index (χ4v) is 2.90. The third kappa shape index (κ3) is 3.49. The lowest BCUT2D eigenvalue weighted by Gasteiger charge is -2.40. The number of alkyl carbamates (subject to hydrolysis) is 1. The molecule has 2 aliphatic rings. The Bertz CT molecular complexity index is 291. The van der Waals surface area contributed by atoms with E-state index in [1.165, 1.54) is 0 Å². The van der Waals surface area contributed by atoms with Gasteiger partial charge in [0, 0.05) is 12.1 Å². The van der Waals surface area contributed by atoms with Gasteiger partial charge in [0.15, 0.2) is 0 Å². The van der Waals surface area contributed by atoms with Gasteiger partial charge in [-0.1, -0.05) is 0 Å². The van der Waals surface area contributed by atoms with E-state index in [-0.39, 0.29) is 24.5 Å². The van der Waals surface area contributed by atoms with Crippen LogP contribution in [-0.4, -0.2) is 23.8 Å². The van der Waals surface area contributed by atoms with Crippen LogP contribution in [0.15, 0.2) is 0 Å². The van der Waals surface area contributed by atoms with Crippen molar-refractivity contribution >= 4 is 18.5 Å². The Morgan fingerprint density at radius 3 is 2.47 bits per heavy atom. The van der Waals surface area contributed by atoms with E-state index in [0.717, 1.165) is 25.2 Å². The largest absolute Gasteiger partial charge is 0.444 e. The second kappa shape index (κ2) is 5.02. The first kappa shape index (κ1) is 14.6. The molecular formula is C12H23ClN2O2. The van der Waals surface area contributed by atoms with Crippen LogP contribution in [-0.2, 0) is 4.74 Å². The van der Waals surface area contributed by atoms with Crippen molar-refractivity contribution in [3.8, 4) is 0 Å². The van der Waals surface area contributed by atoms with Crippen molar-refractivity contribution in [3.05, 3.63) is 0 Å². The molecular weight excluding hydrogens is 240 g/mol. The Balaban J connectivity index is 0.00000144. The number of amides is 1. The highest BCUT2D eigenvalue weighted by Gasteiger charge is 2.47. The number of nitrogens with two attached hydrogens (primary N) is 1. The summed E-state index contributed by atoms with van der Waals surface area (Å²) in [6.07, 6.45) is 2.94. The summed E-state index contributed by atoms with van der Waals surface area (Å²) in [7, 11) is 0. The van der Waals surface area contributed by atoms with Gasteiger partial charge in [-0.05, 0) is 51.9 Å². The summed E-state index contributed by atoms with van der Waals surface area (Å²) in [5, 5.41) is 2.95. The van der Waals surface area contributed by atoms with Gasteiger partial charge in [-0.15, -0.1) is 12.4 Å². The summed E-state index contributed by atoms with van der Waals surface area (Å²) in [4.78, 5) is 11.6. The maximum Gasteiger partial charge on any atom is 0.407 e. The molecule has 0 aromatic carbocycles. The maximum absolute atomic E-state index is 11.6. The normalized spacial score (nSPS) is 35.3. The molecule has 2 fully saturated rings. The van der Waals surface area contributed by atoms with Gasteiger partial charge < -0.3 is 15.8 Å². The summed E-state index contributed by atoms with van der Waals surface area (Å²) in [5.41, 5.74) is 5.49. The number of nitrogens with one attached hydrogen (secondary N) is 1. The van der Waals surface area contributed by atoms with Gasteiger partial charge in [-0.2, -0.15) is 0 Å². The van der Waals surface area contributed by atoms with Crippen molar-refractivity contribution in [2.75, 3.05) is 0 Å². The van der Waals surface area contributed by atoms with Gasteiger partial charge in [-0.25, -0.2) is 4.79 Å². The molecule has 1 amide bonds. The number of carbonyl (C=O) groups is 1. The maximum atomic E-state index is 11.6. The van der Waals surface area contributed by atoms with Gasteiger partial charge in [0.25, 0.3) is 0 Å². The molecule has 2 saturated carbocycles. The van der Waals surface area contributed by atoms with Crippen molar-refractivity contribution in [3.63, 3.8) is 0 Å². The van der Waals surface area contributed by atoms with Gasteiger partial charge in [0.05, 0.1) is 0 Å². The highest BCUT2D eigenvalue weighted by Crippen LogP contribution is 2.46. The Labute approximate surface area is 109 Å². The molecule has 5 heteroatoms. The predicted octanol–water partition coefficient (Wildman–Crippen LogP) is 2.06. The van der Waals surface area contributed by atoms with Crippen LogP contribution in [0, 0.1) is 11.8 Å². The van der Waals surface area contributed by atoms with Crippen LogP contribution in [0.5, 0.6) is 0 Å². The number of fused-ring (bicyclic) bond motifs is 1. The van der Waals surface area contributed by atoms with Gasteiger partial charge in [0.2, 0.25) is 0 Å². The molecule has 100 valence electrons. The number of ether oxygens (including phenoxy) is 1. The lowest BCUT2D eigenvalue weighted by atomic mass is 9.71. The van der Waals surface area contributed by atoms with Crippen LogP contribution in [0.4, 0.5) is 4.79 Å². The average Bonchev–Trinajstić information content (AvgIpc) is 2.36. The lowest BCUT2D eigenvalue weighted by Crippen LogP contribution is -2.51. The van der Waals surface area contributed by atoms with E-state index in [0.29, 0.717) is 12.0 Å². The molecule has 0 radical (unpaired) electrons. The number of carbonyl (C=O) groups excluding carboxylic acids is 1. The SMILES string of the molecule is CC(C)(C)OC(=O)N[C@@H]1C[C@@H]2C[C@@H](N)C[C@@H]21.Cl. The van der Waals surface area contributed by atoms with Crippen LogP contribution in [0.25, 0.3) is 0 Å². The smallest absolute Gasteiger partial charge is 0.407 e. The van der Waals surface area contributed by atoms with Crippen molar-refractivity contribution < 1.29 is 9.53 Å². The topological polar surface area (TPSA) is 64.3 Å². The first-order chi connectivity index (χ1) is 7.35. The summed E-state index contributed by atoms with van der Waals surface area (Å²) >= 11 is 0. The number of rotatable bonds is 1. The van der Waals surface area contributed by atoms with Crippen molar-refractivity contribution in [1.82, 2.24) is 5.32 Å². The molecule has 0 spiro atoms. The third-order valence-corrected chi connectivity index (χ3v) is 3.56. The molecule has 0 saturated heterocycles. The standard InChI is InChI=1S/C12H22N2O2.ClH/c1-12(2,3)16-11(15)14-10-5-7-4-8(13)6-9(7)10;/h7-10H,4-6,13H2,1-3H3,(H,14,15);1H/t7-,8+,9-,10+;/m0./s1. The van der Waals surface area contributed by atoms with E-state index in [1.807, 2.05) is 20.8 Å². The van der Waals surface area contributed by atoms with Crippen molar-refractivity contribution in [1.29, 1.82) is 0 Å². The lowest BCUT2D eigenvalue weighted by molar-refractivity contribution is 0.0385. The Kier molecular flexibility index (Phi) is 4.31. The van der Waals surface area contributed by atoms with E-state index >= 15 is 0 Å². The minimum absolute atomic E-state index is 0. The molecule has 0 aromatic rings. The van der Waals surface area contributed by atoms with E-state index in [4.69, 9.17) is 10.5 Å². The van der Waals surface area contributed by atoms with Gasteiger partial charge in [0.1, 0.15) is 5.60 Å². The second-order valence-electron chi connectivity index (χ2n) is 6.14. The van der Waals surface area contributed by atoms with E-state index in [9.17, 15) is 4.79 Å². The van der Waals surface area contributed by atoms with Gasteiger partial charge in [-0.3, -0.25) is 0 Å². The number of halogens is 1. The molecule has 2 aliphatic carbocycles. The number of hydrogen-bond donors (Lipinski definition) is 2. The monoisotopic (exact) mass is 262 g/mol. The molecule has 0 unspecified atom stereocenters. The molecule has 4 atom stereocenters. The van der Waals surface area contributed by atoms with Crippen LogP contribution in [0.3, 0.4) is 0 Å². The van der Waals surface area contributed by atoms with E-state index in [2.05, 4.69) is 5.32 Å². The first-order valence-corrected chi connectivity index (χ1v) is 6.10. The Morgan fingerprint density at radius 2 is 1.94 bits per heavy atom. The molecule has 17 heavy (non-hydrogen) atoms. The van der Waals surface area contributed by atoms with E-state index < -0.39 is 5.60 Å². The summed E-state index contributed by atoms with van der Waals surface area (Å²) in [6, 6.07) is 0.619. The minimum atomic E-state index is -0.417. The molecule has 3 N–H and O–H groups in total. The Hall–Kier alpha value is -0.480. The molecule has 0 heterocycles. The fraction of sp³-hybridized carbons (Fsp3) is 0.917. The van der Waals surface area contributed by atoms with Crippen LogP contribution in [0.1, 0.15) is 40.0 Å². The fourth-order valence-electron chi connectivity index (χ4n) is 2.90. The molecule has 0 aromatic heterocycles. The number of hydrogen-bond acceptors (Lipinski definition) is 3. The van der Waals surface area contributed by atoms with Gasteiger partial charge >= 0.3 is 6.09 Å². The van der Waals surface area contributed by atoms with Crippen molar-refractivity contribution in [2.24, 2.45) is 17.6 Å². The van der Waals surface area contributed by atoms with Crippen molar-refractivity contribution in [2.45, 2.75) is 57.7 Å². The molecule has 0 aliphatic heterocycles. The Morgan fingerprint density at radius 1 is 1.29 bits per heavy atom. The van der Waals surface area contributed by atoms with Crippen LogP contribution >= 0.6 is 12.4 Å². The summed E-state index contributed by atoms with van der Waals surface area (Å²) < 4.78 is 5.24. The van der Waals surface area contributed by atoms with Crippen LogP contribution < -0.4 is 11.1 Å². The highest BCUT2D eigenvalue weighted by molar-refractivity contribution is 5.85. The third-order valence-electron chi connectivity index (χ3n) is 3.56. The minimum Gasteiger partial charge on any atom is -0.444 e. The molecule has 0 bridgehead atoms. The quantitative estimate of drug-likeness (QED) is 0.760. The van der Waals surface area contributed by atoms with E-state index in [1.54, 1.807) is 0 Å². The van der Waals surface area contributed by atoms with Crippen LogP contribution in [0.2, 0.25) is 0 Å². The highest BCUT2D eigenvalue weighted by atomic mass is 35.5.